The molecule has 0 heterocycles. The van der Waals surface area contributed by atoms with Crippen LogP contribution < -0.4 is 4.74 Å². The van der Waals surface area contributed by atoms with E-state index in [0.717, 1.165) is 49.8 Å². The smallest absolute Gasteiger partial charge is 0.314 e. The fourth-order valence-corrected chi connectivity index (χ4v) is 3.09. The lowest BCUT2D eigenvalue weighted by atomic mass is 9.74. The molecule has 0 radical (unpaired) electrons. The first-order chi connectivity index (χ1) is 10.0. The van der Waals surface area contributed by atoms with Crippen LogP contribution in [0.15, 0.2) is 24.3 Å². The van der Waals surface area contributed by atoms with Crippen molar-refractivity contribution in [2.75, 3.05) is 6.61 Å². The van der Waals surface area contributed by atoms with Gasteiger partial charge in [0.05, 0.1) is 12.0 Å². The Hall–Kier alpha value is -1.51. The van der Waals surface area contributed by atoms with Gasteiger partial charge in [-0.3, -0.25) is 4.79 Å². The second-order valence-corrected chi connectivity index (χ2v) is 6.53. The third-order valence-corrected chi connectivity index (χ3v) is 4.36. The molecule has 1 aliphatic carbocycles. The minimum atomic E-state index is -0.701. The van der Waals surface area contributed by atoms with Gasteiger partial charge in [-0.05, 0) is 36.5 Å². The predicted octanol–water partition coefficient (Wildman–Crippen LogP) is 4.40. The summed E-state index contributed by atoms with van der Waals surface area (Å²) in [5.74, 6) is 0.624. The van der Waals surface area contributed by atoms with Crippen LogP contribution in [0.3, 0.4) is 0 Å². The van der Waals surface area contributed by atoms with Gasteiger partial charge in [0.25, 0.3) is 0 Å². The van der Waals surface area contributed by atoms with E-state index >= 15 is 0 Å². The summed E-state index contributed by atoms with van der Waals surface area (Å²) in [5, 5.41) is 9.78. The first-order valence-corrected chi connectivity index (χ1v) is 8.01. The van der Waals surface area contributed by atoms with Gasteiger partial charge in [-0.2, -0.15) is 0 Å². The van der Waals surface area contributed by atoms with Crippen molar-refractivity contribution in [2.24, 2.45) is 5.92 Å². The molecule has 116 valence electrons. The van der Waals surface area contributed by atoms with E-state index in [9.17, 15) is 9.90 Å². The maximum Gasteiger partial charge on any atom is 0.314 e. The van der Waals surface area contributed by atoms with Crippen molar-refractivity contribution in [3.8, 4) is 5.75 Å². The molecular formula is C18H26O3. The number of ether oxygens (including phenoxy) is 1. The number of carboxylic acids is 1. The Morgan fingerprint density at radius 2 is 1.71 bits per heavy atom. The summed E-state index contributed by atoms with van der Waals surface area (Å²) < 4.78 is 5.68. The van der Waals surface area contributed by atoms with E-state index in [0.29, 0.717) is 12.5 Å². The van der Waals surface area contributed by atoms with Crippen molar-refractivity contribution < 1.29 is 14.6 Å². The molecule has 1 aliphatic rings. The lowest BCUT2D eigenvalue weighted by Gasteiger charge is -2.28. The molecule has 0 atom stereocenters. The maximum absolute atomic E-state index is 11.9. The Morgan fingerprint density at radius 1 is 1.14 bits per heavy atom. The van der Waals surface area contributed by atoms with E-state index in [1.807, 2.05) is 24.3 Å². The van der Waals surface area contributed by atoms with Crippen LogP contribution >= 0.6 is 0 Å². The summed E-state index contributed by atoms with van der Waals surface area (Å²) in [6.07, 6.45) is 5.77. The highest BCUT2D eigenvalue weighted by atomic mass is 16.5. The summed E-state index contributed by atoms with van der Waals surface area (Å²) in [7, 11) is 0. The largest absolute Gasteiger partial charge is 0.493 e. The number of benzene rings is 1. The monoisotopic (exact) mass is 290 g/mol. The van der Waals surface area contributed by atoms with E-state index in [-0.39, 0.29) is 0 Å². The molecule has 0 spiro atoms. The Balaban J connectivity index is 2.19. The third-order valence-electron chi connectivity index (χ3n) is 4.36. The van der Waals surface area contributed by atoms with E-state index in [1.165, 1.54) is 0 Å². The molecule has 0 aliphatic heterocycles. The van der Waals surface area contributed by atoms with Gasteiger partial charge in [-0.25, -0.2) is 0 Å². The molecule has 21 heavy (non-hydrogen) atoms. The Bertz CT molecular complexity index is 454. The second kappa shape index (κ2) is 6.97. The molecule has 0 amide bonds. The molecule has 1 fully saturated rings. The Morgan fingerprint density at radius 3 is 2.19 bits per heavy atom. The Labute approximate surface area is 127 Å². The zero-order valence-corrected chi connectivity index (χ0v) is 13.1. The fourth-order valence-electron chi connectivity index (χ4n) is 3.09. The molecule has 0 unspecified atom stereocenters. The number of carboxylic acid groups (broad SMARTS) is 1. The van der Waals surface area contributed by atoms with Crippen LogP contribution in [0.2, 0.25) is 0 Å². The van der Waals surface area contributed by atoms with Crippen molar-refractivity contribution in [3.63, 3.8) is 0 Å². The Kier molecular flexibility index (Phi) is 5.27. The third kappa shape index (κ3) is 3.78. The number of rotatable bonds is 5. The average Bonchev–Trinajstić information content (AvgIpc) is 2.72. The van der Waals surface area contributed by atoms with E-state index in [4.69, 9.17) is 4.74 Å². The predicted molar refractivity (Wildman–Crippen MR) is 83.8 cm³/mol. The van der Waals surface area contributed by atoms with Crippen molar-refractivity contribution >= 4 is 5.97 Å². The highest BCUT2D eigenvalue weighted by molar-refractivity contribution is 5.81. The zero-order valence-electron chi connectivity index (χ0n) is 13.1. The molecule has 0 saturated heterocycles. The van der Waals surface area contributed by atoms with Crippen LogP contribution in [-0.2, 0) is 10.2 Å². The first-order valence-electron chi connectivity index (χ1n) is 8.01. The van der Waals surface area contributed by atoms with Crippen molar-refractivity contribution in [1.29, 1.82) is 0 Å². The van der Waals surface area contributed by atoms with Crippen LogP contribution in [0, 0.1) is 5.92 Å². The summed E-state index contributed by atoms with van der Waals surface area (Å²) in [4.78, 5) is 11.9. The summed E-state index contributed by atoms with van der Waals surface area (Å²) >= 11 is 0. The normalized spacial score (nSPS) is 18.2. The van der Waals surface area contributed by atoms with Crippen LogP contribution in [0.4, 0.5) is 0 Å². The van der Waals surface area contributed by atoms with Gasteiger partial charge in [0.2, 0.25) is 0 Å². The molecule has 1 N–H and O–H groups in total. The van der Waals surface area contributed by atoms with E-state index < -0.39 is 11.4 Å². The highest BCUT2D eigenvalue weighted by Gasteiger charge is 2.40. The SMILES string of the molecule is CC(C)COc1ccc(C2(C(=O)O)CCCCCC2)cc1. The summed E-state index contributed by atoms with van der Waals surface area (Å²) in [5.41, 5.74) is 0.224. The minimum absolute atomic E-state index is 0.483. The molecular weight excluding hydrogens is 264 g/mol. The number of aliphatic carboxylic acids is 1. The van der Waals surface area contributed by atoms with E-state index in [2.05, 4.69) is 13.8 Å². The number of hydrogen-bond acceptors (Lipinski definition) is 2. The minimum Gasteiger partial charge on any atom is -0.493 e. The van der Waals surface area contributed by atoms with Gasteiger partial charge < -0.3 is 9.84 Å². The van der Waals surface area contributed by atoms with Gasteiger partial charge in [0.15, 0.2) is 0 Å². The summed E-state index contributed by atoms with van der Waals surface area (Å²) in [6, 6.07) is 7.70. The topological polar surface area (TPSA) is 46.5 Å². The lowest BCUT2D eigenvalue weighted by Crippen LogP contribution is -2.35. The summed E-state index contributed by atoms with van der Waals surface area (Å²) in [6.45, 7) is 4.90. The highest BCUT2D eigenvalue weighted by Crippen LogP contribution is 2.39. The molecule has 2 rings (SSSR count). The molecule has 3 heteroatoms. The first kappa shape index (κ1) is 15.9. The number of carbonyl (C=O) groups is 1. The van der Waals surface area contributed by atoms with E-state index in [1.54, 1.807) is 0 Å². The molecule has 1 aromatic rings. The van der Waals surface area contributed by atoms with Gasteiger partial charge in [-0.1, -0.05) is 51.7 Å². The van der Waals surface area contributed by atoms with Crippen molar-refractivity contribution in [2.45, 2.75) is 57.8 Å². The number of hydrogen-bond donors (Lipinski definition) is 1. The lowest BCUT2D eigenvalue weighted by molar-refractivity contribution is -0.144. The van der Waals surface area contributed by atoms with Gasteiger partial charge in [0.1, 0.15) is 5.75 Å². The molecule has 1 saturated carbocycles. The average molecular weight is 290 g/mol. The molecule has 1 aromatic carbocycles. The molecule has 0 aromatic heterocycles. The van der Waals surface area contributed by atoms with Crippen molar-refractivity contribution in [1.82, 2.24) is 0 Å². The van der Waals surface area contributed by atoms with Gasteiger partial charge in [-0.15, -0.1) is 0 Å². The standard InChI is InChI=1S/C18H26O3/c1-14(2)13-21-16-9-7-15(8-10-16)18(17(19)20)11-5-3-4-6-12-18/h7-10,14H,3-6,11-13H2,1-2H3,(H,19,20). The van der Waals surface area contributed by atoms with Crippen LogP contribution in [0.5, 0.6) is 5.75 Å². The van der Waals surface area contributed by atoms with Gasteiger partial charge in [0, 0.05) is 0 Å². The van der Waals surface area contributed by atoms with Crippen molar-refractivity contribution in [3.05, 3.63) is 29.8 Å². The second-order valence-electron chi connectivity index (χ2n) is 6.53. The fraction of sp³-hybridized carbons (Fsp3) is 0.611. The quantitative estimate of drug-likeness (QED) is 0.818. The molecule has 0 bridgehead atoms. The van der Waals surface area contributed by atoms with Crippen LogP contribution in [-0.4, -0.2) is 17.7 Å². The maximum atomic E-state index is 11.9. The van der Waals surface area contributed by atoms with Crippen LogP contribution in [0.25, 0.3) is 0 Å². The van der Waals surface area contributed by atoms with Crippen LogP contribution in [0.1, 0.15) is 57.9 Å². The van der Waals surface area contributed by atoms with Gasteiger partial charge >= 0.3 is 5.97 Å². The molecule has 3 nitrogen and oxygen atoms in total. The zero-order chi connectivity index (χ0) is 15.3.